The summed E-state index contributed by atoms with van der Waals surface area (Å²) >= 11 is 8.28. The van der Waals surface area contributed by atoms with Crippen molar-refractivity contribution >= 4 is 38.9 Å². The molecule has 0 aliphatic carbocycles. The van der Waals surface area contributed by atoms with Crippen LogP contribution >= 0.6 is 27.5 Å². The van der Waals surface area contributed by atoms with Crippen LogP contribution in [-0.2, 0) is 12.4 Å². The fourth-order valence-corrected chi connectivity index (χ4v) is 2.48. The lowest BCUT2D eigenvalue weighted by Gasteiger charge is -2.15. The summed E-state index contributed by atoms with van der Waals surface area (Å²) in [6, 6.07) is 6.37. The Morgan fingerprint density at radius 1 is 0.750 bits per heavy atom. The SMILES string of the molecule is FC(F)(F)c1cc(NNc2ccc(Br)c(C(F)(F)F)c2)ccc1Cl. The van der Waals surface area contributed by atoms with Crippen LogP contribution in [0.15, 0.2) is 40.9 Å². The summed E-state index contributed by atoms with van der Waals surface area (Å²) in [5, 5.41) is -0.476. The van der Waals surface area contributed by atoms with Crippen LogP contribution in [0.3, 0.4) is 0 Å². The molecule has 2 N–H and O–H groups in total. The van der Waals surface area contributed by atoms with Crippen molar-refractivity contribution < 1.29 is 26.3 Å². The Balaban J connectivity index is 2.20. The summed E-state index contributed by atoms with van der Waals surface area (Å²) in [7, 11) is 0. The average Bonchev–Trinajstić information content (AvgIpc) is 2.45. The number of benzene rings is 2. The molecule has 0 aliphatic heterocycles. The molecule has 0 fully saturated rings. The number of hydrogen-bond donors (Lipinski definition) is 2. The van der Waals surface area contributed by atoms with Gasteiger partial charge >= 0.3 is 12.4 Å². The first-order valence-electron chi connectivity index (χ1n) is 6.24. The van der Waals surface area contributed by atoms with Crippen LogP contribution in [0.5, 0.6) is 0 Å². The zero-order chi connectivity index (χ0) is 18.1. The molecule has 130 valence electrons. The first kappa shape index (κ1) is 18.7. The fraction of sp³-hybridized carbons (Fsp3) is 0.143. The predicted molar refractivity (Wildman–Crippen MR) is 82.8 cm³/mol. The van der Waals surface area contributed by atoms with E-state index in [1.54, 1.807) is 0 Å². The molecule has 0 atom stereocenters. The van der Waals surface area contributed by atoms with Crippen LogP contribution in [0.2, 0.25) is 5.02 Å². The smallest absolute Gasteiger partial charge is 0.301 e. The Hall–Kier alpha value is -1.61. The topological polar surface area (TPSA) is 24.1 Å². The number of hydrogen-bond acceptors (Lipinski definition) is 2. The van der Waals surface area contributed by atoms with Gasteiger partial charge in [0.2, 0.25) is 0 Å². The van der Waals surface area contributed by atoms with Crippen LogP contribution in [0.4, 0.5) is 37.7 Å². The van der Waals surface area contributed by atoms with E-state index in [1.807, 2.05) is 0 Å². The summed E-state index contributed by atoms with van der Waals surface area (Å²) in [6.45, 7) is 0. The minimum atomic E-state index is -4.64. The van der Waals surface area contributed by atoms with E-state index in [9.17, 15) is 26.3 Å². The zero-order valence-corrected chi connectivity index (χ0v) is 13.8. The lowest BCUT2D eigenvalue weighted by atomic mass is 10.2. The van der Waals surface area contributed by atoms with Crippen LogP contribution < -0.4 is 10.9 Å². The maximum absolute atomic E-state index is 12.8. The van der Waals surface area contributed by atoms with Gasteiger partial charge in [-0.2, -0.15) is 26.3 Å². The average molecular weight is 434 g/mol. The van der Waals surface area contributed by atoms with E-state index in [0.29, 0.717) is 0 Å². The summed E-state index contributed by atoms with van der Waals surface area (Å²) in [6.07, 6.45) is -9.21. The van der Waals surface area contributed by atoms with Gasteiger partial charge in [0.05, 0.1) is 27.5 Å². The molecule has 2 rings (SSSR count). The molecule has 0 unspecified atom stereocenters. The Labute approximate surface area is 145 Å². The van der Waals surface area contributed by atoms with E-state index in [4.69, 9.17) is 11.6 Å². The van der Waals surface area contributed by atoms with Gasteiger partial charge in [-0.15, -0.1) is 0 Å². The van der Waals surface area contributed by atoms with Crippen molar-refractivity contribution in [2.45, 2.75) is 12.4 Å². The highest BCUT2D eigenvalue weighted by molar-refractivity contribution is 9.10. The van der Waals surface area contributed by atoms with Gasteiger partial charge in [0, 0.05) is 4.47 Å². The zero-order valence-electron chi connectivity index (χ0n) is 11.5. The molecule has 2 aromatic rings. The van der Waals surface area contributed by atoms with E-state index in [2.05, 4.69) is 26.8 Å². The minimum Gasteiger partial charge on any atom is -0.301 e. The van der Waals surface area contributed by atoms with Gasteiger partial charge in [-0.25, -0.2) is 0 Å². The molecular weight excluding hydrogens is 426 g/mol. The molecule has 24 heavy (non-hydrogen) atoms. The van der Waals surface area contributed by atoms with E-state index >= 15 is 0 Å². The molecule has 10 heteroatoms. The number of hydrazine groups is 1. The maximum atomic E-state index is 12.8. The molecule has 0 saturated heterocycles. The van der Waals surface area contributed by atoms with E-state index in [-0.39, 0.29) is 15.8 Å². The second-order valence-electron chi connectivity index (χ2n) is 4.63. The number of anilines is 2. The summed E-state index contributed by atoms with van der Waals surface area (Å²) in [5.74, 6) is 0. The van der Waals surface area contributed by atoms with Gasteiger partial charge in [0.1, 0.15) is 0 Å². The van der Waals surface area contributed by atoms with Crippen LogP contribution in [0.1, 0.15) is 11.1 Å². The normalized spacial score (nSPS) is 12.2. The van der Waals surface area contributed by atoms with Crippen molar-refractivity contribution in [1.29, 1.82) is 0 Å². The molecule has 0 heterocycles. The number of rotatable bonds is 3. The van der Waals surface area contributed by atoms with Crippen molar-refractivity contribution in [1.82, 2.24) is 0 Å². The molecule has 0 aromatic heterocycles. The van der Waals surface area contributed by atoms with Gasteiger partial charge in [-0.3, -0.25) is 0 Å². The second-order valence-corrected chi connectivity index (χ2v) is 5.90. The quantitative estimate of drug-likeness (QED) is 0.422. The first-order valence-corrected chi connectivity index (χ1v) is 7.41. The molecule has 2 aromatic carbocycles. The summed E-state index contributed by atoms with van der Waals surface area (Å²) in [5.41, 5.74) is 2.87. The van der Waals surface area contributed by atoms with Crippen molar-refractivity contribution in [2.75, 3.05) is 10.9 Å². The molecule has 0 radical (unpaired) electrons. The molecule has 0 saturated carbocycles. The lowest BCUT2D eigenvalue weighted by Crippen LogP contribution is -2.13. The molecule has 0 amide bonds. The first-order chi connectivity index (χ1) is 11.0. The minimum absolute atomic E-state index is 0.0109. The van der Waals surface area contributed by atoms with E-state index in [0.717, 1.165) is 18.2 Å². The number of nitrogens with one attached hydrogen (secondary N) is 2. The highest BCUT2D eigenvalue weighted by Gasteiger charge is 2.34. The Morgan fingerprint density at radius 3 is 1.71 bits per heavy atom. The van der Waals surface area contributed by atoms with Crippen molar-refractivity contribution in [3.63, 3.8) is 0 Å². The van der Waals surface area contributed by atoms with Crippen LogP contribution in [0.25, 0.3) is 0 Å². The van der Waals surface area contributed by atoms with Gasteiger partial charge < -0.3 is 10.9 Å². The molecule has 0 spiro atoms. The van der Waals surface area contributed by atoms with Gasteiger partial charge in [0.15, 0.2) is 0 Å². The predicted octanol–water partition coefficient (Wildman–Crippen LogP) is 6.58. The summed E-state index contributed by atoms with van der Waals surface area (Å²) in [4.78, 5) is 0. The molecule has 2 nitrogen and oxygen atoms in total. The standard InChI is InChI=1S/C14H8BrClF6N2/c15-11-3-1-7(5-9(11)13(17,18)19)23-24-8-2-4-12(16)10(6-8)14(20,21)22/h1-6,23-24H. The van der Waals surface area contributed by atoms with Crippen molar-refractivity contribution in [3.05, 3.63) is 57.0 Å². The third-order valence-corrected chi connectivity index (χ3v) is 3.92. The summed E-state index contributed by atoms with van der Waals surface area (Å²) < 4.78 is 76.5. The third-order valence-electron chi connectivity index (χ3n) is 2.89. The highest BCUT2D eigenvalue weighted by Crippen LogP contribution is 2.37. The van der Waals surface area contributed by atoms with E-state index in [1.165, 1.54) is 18.2 Å². The third kappa shape index (κ3) is 4.47. The Bertz CT molecular complexity index is 682. The maximum Gasteiger partial charge on any atom is 0.417 e. The number of halogens is 8. The molecule has 0 bridgehead atoms. The second kappa shape index (κ2) is 6.72. The lowest BCUT2D eigenvalue weighted by molar-refractivity contribution is -0.138. The fourth-order valence-electron chi connectivity index (χ4n) is 1.78. The van der Waals surface area contributed by atoms with Crippen LogP contribution in [-0.4, -0.2) is 0 Å². The van der Waals surface area contributed by atoms with E-state index < -0.39 is 28.5 Å². The van der Waals surface area contributed by atoms with Gasteiger partial charge in [-0.05, 0) is 36.4 Å². The van der Waals surface area contributed by atoms with Crippen LogP contribution in [0, 0.1) is 0 Å². The van der Waals surface area contributed by atoms with Gasteiger partial charge in [0.25, 0.3) is 0 Å². The highest BCUT2D eigenvalue weighted by atomic mass is 79.9. The number of alkyl halides is 6. The van der Waals surface area contributed by atoms with Crippen molar-refractivity contribution in [3.8, 4) is 0 Å². The Morgan fingerprint density at radius 2 is 1.21 bits per heavy atom. The van der Waals surface area contributed by atoms with Gasteiger partial charge in [-0.1, -0.05) is 27.5 Å². The van der Waals surface area contributed by atoms with Crippen molar-refractivity contribution in [2.24, 2.45) is 0 Å². The molecular formula is C14H8BrClF6N2. The Kier molecular flexibility index (Phi) is 5.24. The molecule has 0 aliphatic rings. The largest absolute Gasteiger partial charge is 0.417 e. The monoisotopic (exact) mass is 432 g/mol.